The maximum Gasteiger partial charge on any atom is 0.164 e. The van der Waals surface area contributed by atoms with Gasteiger partial charge in [0, 0.05) is 24.8 Å². The molecule has 1 N–H and O–H groups in total. The second-order valence-corrected chi connectivity index (χ2v) is 6.28. The van der Waals surface area contributed by atoms with Crippen molar-refractivity contribution in [2.75, 3.05) is 25.0 Å². The molecule has 0 bridgehead atoms. The number of rotatable bonds is 6. The van der Waals surface area contributed by atoms with Gasteiger partial charge in [-0.1, -0.05) is 19.9 Å². The zero-order chi connectivity index (χ0) is 15.4. The van der Waals surface area contributed by atoms with E-state index < -0.39 is 5.82 Å². The van der Waals surface area contributed by atoms with E-state index in [9.17, 15) is 9.18 Å². The topological polar surface area (TPSA) is 32.3 Å². The maximum absolute atomic E-state index is 13.8. The molecule has 0 unspecified atom stereocenters. The lowest BCUT2D eigenvalue weighted by Gasteiger charge is -2.27. The van der Waals surface area contributed by atoms with Gasteiger partial charge in [0.2, 0.25) is 0 Å². The van der Waals surface area contributed by atoms with Crippen molar-refractivity contribution in [3.05, 3.63) is 29.6 Å². The molecule has 0 saturated carbocycles. The molecule has 116 valence electrons. The van der Waals surface area contributed by atoms with Crippen LogP contribution >= 0.6 is 0 Å². The van der Waals surface area contributed by atoms with Gasteiger partial charge in [0.05, 0.1) is 5.56 Å². The lowest BCUT2D eigenvalue weighted by Crippen LogP contribution is -2.37. The molecule has 0 amide bonds. The van der Waals surface area contributed by atoms with E-state index in [0.717, 1.165) is 26.1 Å². The normalized spacial score (nSPS) is 19.2. The van der Waals surface area contributed by atoms with E-state index in [4.69, 9.17) is 0 Å². The first-order valence-corrected chi connectivity index (χ1v) is 7.76. The van der Waals surface area contributed by atoms with Gasteiger partial charge in [-0.2, -0.15) is 0 Å². The van der Waals surface area contributed by atoms with E-state index in [2.05, 4.69) is 24.1 Å². The van der Waals surface area contributed by atoms with E-state index in [1.165, 1.54) is 19.4 Å². The molecule has 1 aromatic carbocycles. The highest BCUT2D eigenvalue weighted by Crippen LogP contribution is 2.22. The summed E-state index contributed by atoms with van der Waals surface area (Å²) in [5.41, 5.74) is 0.782. The maximum atomic E-state index is 13.8. The van der Waals surface area contributed by atoms with Crippen LogP contribution in [0.4, 0.5) is 10.1 Å². The molecule has 1 saturated heterocycles. The van der Waals surface area contributed by atoms with Crippen molar-refractivity contribution in [3.63, 3.8) is 0 Å². The molecule has 3 nitrogen and oxygen atoms in total. The molecular weight excluding hydrogens is 267 g/mol. The second kappa shape index (κ2) is 7.03. The first-order chi connectivity index (χ1) is 9.99. The molecule has 1 aliphatic heterocycles. The molecule has 1 aliphatic rings. The highest BCUT2D eigenvalue weighted by molar-refractivity contribution is 5.99. The van der Waals surface area contributed by atoms with Crippen LogP contribution in [-0.2, 0) is 0 Å². The smallest absolute Gasteiger partial charge is 0.164 e. The lowest BCUT2D eigenvalue weighted by atomic mass is 10.1. The summed E-state index contributed by atoms with van der Waals surface area (Å²) in [7, 11) is 0. The van der Waals surface area contributed by atoms with Gasteiger partial charge in [-0.05, 0) is 44.4 Å². The Bertz CT molecular complexity index is 502. The summed E-state index contributed by atoms with van der Waals surface area (Å²) in [4.78, 5) is 14.1. The number of carbonyl (C=O) groups excluding carboxylic acids is 1. The molecule has 0 aromatic heterocycles. The van der Waals surface area contributed by atoms with Crippen LogP contribution in [0.5, 0.6) is 0 Å². The van der Waals surface area contributed by atoms with Crippen LogP contribution in [0.1, 0.15) is 44.0 Å². The fourth-order valence-electron chi connectivity index (χ4n) is 3.09. The number of halogens is 1. The number of anilines is 1. The summed E-state index contributed by atoms with van der Waals surface area (Å²) in [6.07, 6.45) is 2.37. The molecule has 0 spiro atoms. The van der Waals surface area contributed by atoms with Crippen LogP contribution in [0.3, 0.4) is 0 Å². The Balaban J connectivity index is 2.03. The largest absolute Gasteiger partial charge is 0.383 e. The average Bonchev–Trinajstić information content (AvgIpc) is 2.82. The predicted molar refractivity (Wildman–Crippen MR) is 84.3 cm³/mol. The lowest BCUT2D eigenvalue weighted by molar-refractivity contribution is 0.101. The molecule has 4 heteroatoms. The van der Waals surface area contributed by atoms with Gasteiger partial charge in [0.15, 0.2) is 5.78 Å². The van der Waals surface area contributed by atoms with Crippen molar-refractivity contribution in [2.24, 2.45) is 5.92 Å². The number of hydrogen-bond donors (Lipinski definition) is 1. The minimum absolute atomic E-state index is 0.172. The van der Waals surface area contributed by atoms with E-state index in [1.54, 1.807) is 12.1 Å². The summed E-state index contributed by atoms with van der Waals surface area (Å²) in [6, 6.07) is 5.23. The molecule has 0 aliphatic carbocycles. The molecule has 1 aromatic rings. The zero-order valence-electron chi connectivity index (χ0n) is 13.2. The van der Waals surface area contributed by atoms with Crippen LogP contribution in [0.25, 0.3) is 0 Å². The van der Waals surface area contributed by atoms with Gasteiger partial charge < -0.3 is 5.32 Å². The van der Waals surface area contributed by atoms with E-state index in [1.807, 2.05) is 0 Å². The highest BCUT2D eigenvalue weighted by atomic mass is 19.1. The fourth-order valence-corrected chi connectivity index (χ4v) is 3.09. The van der Waals surface area contributed by atoms with Gasteiger partial charge in [-0.15, -0.1) is 0 Å². The Labute approximate surface area is 126 Å². The average molecular weight is 292 g/mol. The van der Waals surface area contributed by atoms with Crippen molar-refractivity contribution < 1.29 is 9.18 Å². The standard InChI is InChI=1S/C17H25FN2O/c1-12(2)11-20-9-5-6-14(20)10-19-16-8-4-7-15(18)17(16)13(3)21/h4,7-8,12,14,19H,5-6,9-11H2,1-3H3/t14-/m0/s1. The van der Waals surface area contributed by atoms with Gasteiger partial charge >= 0.3 is 0 Å². The zero-order valence-corrected chi connectivity index (χ0v) is 13.2. The van der Waals surface area contributed by atoms with Crippen molar-refractivity contribution in [1.29, 1.82) is 0 Å². The summed E-state index contributed by atoms with van der Waals surface area (Å²) in [5.74, 6) is -0.0356. The number of ketones is 1. The third kappa shape index (κ3) is 4.03. The molecule has 1 fully saturated rings. The predicted octanol–water partition coefficient (Wildman–Crippen LogP) is 3.56. The third-order valence-corrected chi connectivity index (χ3v) is 3.99. The molecular formula is C17H25FN2O. The highest BCUT2D eigenvalue weighted by Gasteiger charge is 2.25. The van der Waals surface area contributed by atoms with Gasteiger partial charge in [-0.25, -0.2) is 4.39 Å². The van der Waals surface area contributed by atoms with Crippen molar-refractivity contribution >= 4 is 11.5 Å². The second-order valence-electron chi connectivity index (χ2n) is 6.28. The van der Waals surface area contributed by atoms with Crippen LogP contribution in [0, 0.1) is 11.7 Å². The first kappa shape index (κ1) is 16.0. The Kier molecular flexibility index (Phi) is 5.34. The van der Waals surface area contributed by atoms with Crippen LogP contribution in [0.15, 0.2) is 18.2 Å². The molecule has 2 rings (SSSR count). The number of nitrogens with one attached hydrogen (secondary N) is 1. The minimum Gasteiger partial charge on any atom is -0.383 e. The number of carbonyl (C=O) groups is 1. The number of nitrogens with zero attached hydrogens (tertiary/aromatic N) is 1. The Morgan fingerprint density at radius 3 is 2.90 bits per heavy atom. The van der Waals surface area contributed by atoms with Gasteiger partial charge in [0.1, 0.15) is 5.82 Å². The fraction of sp³-hybridized carbons (Fsp3) is 0.588. The number of hydrogen-bond acceptors (Lipinski definition) is 3. The summed E-state index contributed by atoms with van der Waals surface area (Å²) < 4.78 is 13.8. The monoisotopic (exact) mass is 292 g/mol. The first-order valence-electron chi connectivity index (χ1n) is 7.76. The van der Waals surface area contributed by atoms with Gasteiger partial charge in [-0.3, -0.25) is 9.69 Å². The molecule has 0 radical (unpaired) electrons. The quantitative estimate of drug-likeness (QED) is 0.814. The van der Waals surface area contributed by atoms with Crippen molar-refractivity contribution in [2.45, 2.75) is 39.7 Å². The number of likely N-dealkylation sites (tertiary alicyclic amines) is 1. The van der Waals surface area contributed by atoms with Crippen molar-refractivity contribution in [3.8, 4) is 0 Å². The van der Waals surface area contributed by atoms with Crippen LogP contribution < -0.4 is 5.32 Å². The van der Waals surface area contributed by atoms with E-state index in [-0.39, 0.29) is 11.3 Å². The van der Waals surface area contributed by atoms with E-state index in [0.29, 0.717) is 17.6 Å². The molecule has 1 heterocycles. The summed E-state index contributed by atoms with van der Waals surface area (Å²) in [5, 5.41) is 3.28. The SMILES string of the molecule is CC(=O)c1c(F)cccc1NC[C@@H]1CCCN1CC(C)C. The number of Topliss-reactive ketones (excluding diaryl/α,β-unsaturated/α-hetero) is 1. The van der Waals surface area contributed by atoms with E-state index >= 15 is 0 Å². The third-order valence-electron chi connectivity index (χ3n) is 3.99. The van der Waals surface area contributed by atoms with Crippen LogP contribution in [-0.4, -0.2) is 36.4 Å². The van der Waals surface area contributed by atoms with Crippen LogP contribution in [0.2, 0.25) is 0 Å². The van der Waals surface area contributed by atoms with Crippen molar-refractivity contribution in [1.82, 2.24) is 4.90 Å². The Hall–Kier alpha value is -1.42. The summed E-state index contributed by atoms with van der Waals surface area (Å²) >= 11 is 0. The molecule has 1 atom stereocenters. The Morgan fingerprint density at radius 2 is 2.24 bits per heavy atom. The molecule has 21 heavy (non-hydrogen) atoms. The van der Waals surface area contributed by atoms with Gasteiger partial charge in [0.25, 0.3) is 0 Å². The Morgan fingerprint density at radius 1 is 1.48 bits per heavy atom. The minimum atomic E-state index is -0.446. The summed E-state index contributed by atoms with van der Waals surface area (Å²) in [6.45, 7) is 8.84. The number of benzene rings is 1.